The van der Waals surface area contributed by atoms with E-state index in [-0.39, 0.29) is 0 Å². The molecule has 124 valence electrons. The summed E-state index contributed by atoms with van der Waals surface area (Å²) in [7, 11) is 0. The van der Waals surface area contributed by atoms with E-state index >= 15 is 0 Å². The molecule has 0 radical (unpaired) electrons. The maximum atomic E-state index is 3.75. The van der Waals surface area contributed by atoms with Crippen molar-refractivity contribution in [1.29, 1.82) is 0 Å². The van der Waals surface area contributed by atoms with Crippen LogP contribution < -0.4 is 5.32 Å². The Balaban J connectivity index is 1.99. The Morgan fingerprint density at radius 3 is 2.48 bits per heavy atom. The number of hydrogen-bond donors (Lipinski definition) is 1. The summed E-state index contributed by atoms with van der Waals surface area (Å²) in [5, 5.41) is 3.75. The first kappa shape index (κ1) is 17.3. The Morgan fingerprint density at radius 2 is 1.81 bits per heavy atom. The van der Waals surface area contributed by atoms with Gasteiger partial charge < -0.3 is 5.32 Å². The van der Waals surface area contributed by atoms with Gasteiger partial charge in [0.15, 0.2) is 0 Å². The maximum Gasteiger partial charge on any atom is 0.00930 e. The number of likely N-dealkylation sites (tertiary alicyclic amines) is 1. The lowest BCUT2D eigenvalue weighted by atomic mass is 9.72. The fourth-order valence-electron chi connectivity index (χ4n) is 4.69. The van der Waals surface area contributed by atoms with Gasteiger partial charge in [-0.05, 0) is 56.4 Å². The molecule has 1 aliphatic heterocycles. The molecule has 21 heavy (non-hydrogen) atoms. The lowest BCUT2D eigenvalue weighted by Crippen LogP contribution is -2.53. The summed E-state index contributed by atoms with van der Waals surface area (Å²) in [5.74, 6) is 1.73. The molecule has 0 spiro atoms. The van der Waals surface area contributed by atoms with Gasteiger partial charge in [0.2, 0.25) is 0 Å². The van der Waals surface area contributed by atoms with Crippen molar-refractivity contribution in [3.8, 4) is 0 Å². The standard InChI is InChI=1S/C19H38N2/c1-5-11-20-14-19(9-7-6-8-10-19)15-21-13-16(2)12-17(3)18(21)4/h16-18,20H,5-15H2,1-4H3. The molecule has 0 bridgehead atoms. The van der Waals surface area contributed by atoms with E-state index in [4.69, 9.17) is 0 Å². The molecule has 2 rings (SSSR count). The van der Waals surface area contributed by atoms with Crippen LogP contribution in [0.15, 0.2) is 0 Å². The van der Waals surface area contributed by atoms with Crippen LogP contribution in [-0.2, 0) is 0 Å². The highest BCUT2D eigenvalue weighted by atomic mass is 15.2. The van der Waals surface area contributed by atoms with E-state index in [0.717, 1.165) is 17.9 Å². The molecule has 0 aromatic rings. The van der Waals surface area contributed by atoms with Gasteiger partial charge in [0.1, 0.15) is 0 Å². The zero-order valence-electron chi connectivity index (χ0n) is 15.0. The van der Waals surface area contributed by atoms with E-state index in [0.29, 0.717) is 5.41 Å². The van der Waals surface area contributed by atoms with Gasteiger partial charge in [0, 0.05) is 25.7 Å². The van der Waals surface area contributed by atoms with Crippen LogP contribution in [0.3, 0.4) is 0 Å². The third-order valence-corrected chi connectivity index (χ3v) is 6.10. The van der Waals surface area contributed by atoms with Gasteiger partial charge in [-0.2, -0.15) is 0 Å². The fourth-order valence-corrected chi connectivity index (χ4v) is 4.69. The average Bonchev–Trinajstić information content (AvgIpc) is 2.45. The van der Waals surface area contributed by atoms with Gasteiger partial charge in [-0.3, -0.25) is 4.90 Å². The van der Waals surface area contributed by atoms with Gasteiger partial charge in [-0.25, -0.2) is 0 Å². The van der Waals surface area contributed by atoms with Crippen LogP contribution in [0, 0.1) is 17.3 Å². The molecular weight excluding hydrogens is 256 g/mol. The predicted molar refractivity (Wildman–Crippen MR) is 92.7 cm³/mol. The third-order valence-electron chi connectivity index (χ3n) is 6.10. The number of hydrogen-bond acceptors (Lipinski definition) is 2. The molecule has 2 fully saturated rings. The van der Waals surface area contributed by atoms with Crippen molar-refractivity contribution >= 4 is 0 Å². The van der Waals surface area contributed by atoms with Crippen molar-refractivity contribution in [2.24, 2.45) is 17.3 Å². The summed E-state index contributed by atoms with van der Waals surface area (Å²) in [6.07, 6.45) is 9.90. The summed E-state index contributed by atoms with van der Waals surface area (Å²) in [5.41, 5.74) is 0.554. The van der Waals surface area contributed by atoms with Crippen LogP contribution in [0.25, 0.3) is 0 Å². The van der Waals surface area contributed by atoms with E-state index < -0.39 is 0 Å². The van der Waals surface area contributed by atoms with Gasteiger partial charge >= 0.3 is 0 Å². The zero-order chi connectivity index (χ0) is 15.3. The van der Waals surface area contributed by atoms with Crippen molar-refractivity contribution in [2.45, 2.75) is 78.7 Å². The van der Waals surface area contributed by atoms with Crippen LogP contribution in [-0.4, -0.2) is 37.1 Å². The molecule has 1 aliphatic carbocycles. The highest BCUT2D eigenvalue weighted by molar-refractivity contribution is 4.92. The van der Waals surface area contributed by atoms with E-state index in [1.165, 1.54) is 71.1 Å². The molecule has 1 saturated heterocycles. The Kier molecular flexibility index (Phi) is 6.55. The number of piperidine rings is 1. The average molecular weight is 295 g/mol. The van der Waals surface area contributed by atoms with Gasteiger partial charge in [0.05, 0.1) is 0 Å². The molecule has 1 saturated carbocycles. The Labute approximate surface area is 133 Å². The van der Waals surface area contributed by atoms with Crippen molar-refractivity contribution in [1.82, 2.24) is 10.2 Å². The second-order valence-electron chi connectivity index (χ2n) is 8.23. The Hall–Kier alpha value is -0.0800. The summed E-state index contributed by atoms with van der Waals surface area (Å²) in [6, 6.07) is 0.770. The minimum absolute atomic E-state index is 0.554. The molecule has 2 nitrogen and oxygen atoms in total. The van der Waals surface area contributed by atoms with Gasteiger partial charge in [-0.1, -0.05) is 40.0 Å². The normalized spacial score (nSPS) is 34.0. The SMILES string of the molecule is CCCNCC1(CN2CC(C)CC(C)C2C)CCCCC1. The van der Waals surface area contributed by atoms with E-state index in [1.807, 2.05) is 0 Å². The maximum absolute atomic E-state index is 3.75. The summed E-state index contributed by atoms with van der Waals surface area (Å²) >= 11 is 0. The fraction of sp³-hybridized carbons (Fsp3) is 1.00. The molecule has 1 heterocycles. The van der Waals surface area contributed by atoms with Crippen LogP contribution >= 0.6 is 0 Å². The summed E-state index contributed by atoms with van der Waals surface area (Å²) in [4.78, 5) is 2.83. The minimum Gasteiger partial charge on any atom is -0.316 e. The third kappa shape index (κ3) is 4.69. The van der Waals surface area contributed by atoms with Crippen LogP contribution in [0.5, 0.6) is 0 Å². The lowest BCUT2D eigenvalue weighted by molar-refractivity contribution is 0.0208. The van der Waals surface area contributed by atoms with E-state index in [1.54, 1.807) is 0 Å². The van der Waals surface area contributed by atoms with Crippen LogP contribution in [0.2, 0.25) is 0 Å². The number of rotatable bonds is 6. The highest BCUT2D eigenvalue weighted by Gasteiger charge is 2.37. The molecule has 1 N–H and O–H groups in total. The second kappa shape index (κ2) is 7.97. The molecule has 2 aliphatic rings. The Morgan fingerprint density at radius 1 is 1.10 bits per heavy atom. The first-order valence-electron chi connectivity index (χ1n) is 9.51. The van der Waals surface area contributed by atoms with Gasteiger partial charge in [-0.15, -0.1) is 0 Å². The van der Waals surface area contributed by atoms with Crippen molar-refractivity contribution in [2.75, 3.05) is 26.2 Å². The van der Waals surface area contributed by atoms with Gasteiger partial charge in [0.25, 0.3) is 0 Å². The molecule has 3 atom stereocenters. The van der Waals surface area contributed by atoms with Crippen molar-refractivity contribution < 1.29 is 0 Å². The zero-order valence-corrected chi connectivity index (χ0v) is 15.0. The smallest absolute Gasteiger partial charge is 0.00930 e. The topological polar surface area (TPSA) is 15.3 Å². The first-order chi connectivity index (χ1) is 10.1. The molecule has 3 unspecified atom stereocenters. The quantitative estimate of drug-likeness (QED) is 0.735. The molecule has 0 amide bonds. The molecule has 0 aromatic carbocycles. The predicted octanol–water partition coefficient (Wildman–Crippen LogP) is 4.30. The molecular formula is C19H38N2. The number of nitrogens with one attached hydrogen (secondary N) is 1. The molecule has 0 aromatic heterocycles. The minimum atomic E-state index is 0.554. The second-order valence-corrected chi connectivity index (χ2v) is 8.23. The van der Waals surface area contributed by atoms with Crippen LogP contribution in [0.1, 0.15) is 72.6 Å². The molecule has 2 heteroatoms. The lowest BCUT2D eigenvalue weighted by Gasteiger charge is -2.48. The largest absolute Gasteiger partial charge is 0.316 e. The monoisotopic (exact) mass is 294 g/mol. The Bertz CT molecular complexity index is 296. The first-order valence-corrected chi connectivity index (χ1v) is 9.51. The van der Waals surface area contributed by atoms with E-state index in [2.05, 4.69) is 37.9 Å². The summed E-state index contributed by atoms with van der Waals surface area (Å²) < 4.78 is 0. The summed E-state index contributed by atoms with van der Waals surface area (Å²) in [6.45, 7) is 14.7. The van der Waals surface area contributed by atoms with Crippen molar-refractivity contribution in [3.63, 3.8) is 0 Å². The van der Waals surface area contributed by atoms with E-state index in [9.17, 15) is 0 Å². The highest BCUT2D eigenvalue weighted by Crippen LogP contribution is 2.39. The van der Waals surface area contributed by atoms with Crippen LogP contribution in [0.4, 0.5) is 0 Å². The van der Waals surface area contributed by atoms with Crippen molar-refractivity contribution in [3.05, 3.63) is 0 Å². The number of nitrogens with zero attached hydrogens (tertiary/aromatic N) is 1.